The quantitative estimate of drug-likeness (QED) is 0.758. The van der Waals surface area contributed by atoms with Crippen LogP contribution < -0.4 is 0 Å². The Morgan fingerprint density at radius 3 is 2.50 bits per heavy atom. The molecule has 1 aromatic rings. The van der Waals surface area contributed by atoms with E-state index in [-0.39, 0.29) is 0 Å². The SMILES string of the molecule is Cc1ccc(CCC2CCN(CC#N)CC2)cc1. The van der Waals surface area contributed by atoms with E-state index in [0.717, 1.165) is 19.0 Å². The topological polar surface area (TPSA) is 27.0 Å². The molecule has 1 aromatic carbocycles. The van der Waals surface area contributed by atoms with E-state index >= 15 is 0 Å². The van der Waals surface area contributed by atoms with Gasteiger partial charge in [0.2, 0.25) is 0 Å². The Labute approximate surface area is 110 Å². The molecule has 0 atom stereocenters. The van der Waals surface area contributed by atoms with Crippen molar-refractivity contribution in [3.05, 3.63) is 35.4 Å². The number of likely N-dealkylation sites (tertiary alicyclic amines) is 1. The number of rotatable bonds is 4. The molecule has 0 N–H and O–H groups in total. The van der Waals surface area contributed by atoms with E-state index < -0.39 is 0 Å². The second-order valence-corrected chi connectivity index (χ2v) is 5.40. The minimum atomic E-state index is 0.602. The van der Waals surface area contributed by atoms with Crippen molar-refractivity contribution in [2.24, 2.45) is 5.92 Å². The summed E-state index contributed by atoms with van der Waals surface area (Å²) in [6.45, 7) is 4.94. The Morgan fingerprint density at radius 2 is 1.89 bits per heavy atom. The molecule has 0 unspecified atom stereocenters. The summed E-state index contributed by atoms with van der Waals surface area (Å²) in [4.78, 5) is 2.27. The first-order valence-corrected chi connectivity index (χ1v) is 6.93. The minimum Gasteiger partial charge on any atom is -0.291 e. The largest absolute Gasteiger partial charge is 0.291 e. The Morgan fingerprint density at radius 1 is 1.22 bits per heavy atom. The second-order valence-electron chi connectivity index (χ2n) is 5.40. The lowest BCUT2D eigenvalue weighted by Gasteiger charge is -2.30. The minimum absolute atomic E-state index is 0.602. The van der Waals surface area contributed by atoms with E-state index in [4.69, 9.17) is 5.26 Å². The third kappa shape index (κ3) is 3.85. The van der Waals surface area contributed by atoms with Crippen LogP contribution in [0.5, 0.6) is 0 Å². The van der Waals surface area contributed by atoms with Gasteiger partial charge in [-0.3, -0.25) is 4.90 Å². The van der Waals surface area contributed by atoms with Crippen LogP contribution in [0.1, 0.15) is 30.4 Å². The molecule has 2 heteroatoms. The highest BCUT2D eigenvalue weighted by atomic mass is 15.1. The molecule has 0 bridgehead atoms. The molecule has 0 aromatic heterocycles. The molecule has 0 aliphatic carbocycles. The van der Waals surface area contributed by atoms with Crippen molar-refractivity contribution in [1.29, 1.82) is 5.26 Å². The molecule has 0 saturated carbocycles. The monoisotopic (exact) mass is 242 g/mol. The maximum Gasteiger partial charge on any atom is 0.0865 e. The first kappa shape index (κ1) is 13.1. The van der Waals surface area contributed by atoms with Gasteiger partial charge < -0.3 is 0 Å². The number of benzene rings is 1. The summed E-state index contributed by atoms with van der Waals surface area (Å²) in [5, 5.41) is 8.67. The first-order chi connectivity index (χ1) is 8.78. The van der Waals surface area contributed by atoms with E-state index in [9.17, 15) is 0 Å². The molecule has 0 spiro atoms. The number of nitriles is 1. The maximum atomic E-state index is 8.67. The number of piperidine rings is 1. The zero-order valence-electron chi connectivity index (χ0n) is 11.2. The standard InChI is InChI=1S/C16H22N2/c1-14-2-4-15(5-3-14)6-7-16-8-11-18(12-9-16)13-10-17/h2-5,16H,6-9,11-13H2,1H3. The Kier molecular flexibility index (Phi) is 4.78. The van der Waals surface area contributed by atoms with Gasteiger partial charge in [-0.15, -0.1) is 0 Å². The average Bonchev–Trinajstić information content (AvgIpc) is 2.40. The van der Waals surface area contributed by atoms with E-state index in [1.165, 1.54) is 36.8 Å². The molecule has 18 heavy (non-hydrogen) atoms. The normalized spacial score (nSPS) is 17.6. The summed E-state index contributed by atoms with van der Waals surface area (Å²) >= 11 is 0. The van der Waals surface area contributed by atoms with E-state index in [1.807, 2.05) is 0 Å². The highest BCUT2D eigenvalue weighted by Gasteiger charge is 2.18. The molecule has 1 heterocycles. The van der Waals surface area contributed by atoms with Gasteiger partial charge in [-0.2, -0.15) is 5.26 Å². The van der Waals surface area contributed by atoms with Crippen LogP contribution in [-0.2, 0) is 6.42 Å². The predicted molar refractivity (Wildman–Crippen MR) is 74.3 cm³/mol. The van der Waals surface area contributed by atoms with Gasteiger partial charge in [0, 0.05) is 0 Å². The lowest BCUT2D eigenvalue weighted by molar-refractivity contribution is 0.197. The number of aryl methyl sites for hydroxylation is 2. The molecule has 0 radical (unpaired) electrons. The van der Waals surface area contributed by atoms with Gasteiger partial charge in [-0.25, -0.2) is 0 Å². The fraction of sp³-hybridized carbons (Fsp3) is 0.562. The number of hydrogen-bond acceptors (Lipinski definition) is 2. The third-order valence-corrected chi connectivity index (χ3v) is 3.96. The summed E-state index contributed by atoms with van der Waals surface area (Å²) in [7, 11) is 0. The molecular weight excluding hydrogens is 220 g/mol. The van der Waals surface area contributed by atoms with Gasteiger partial charge in [0.1, 0.15) is 0 Å². The molecule has 1 saturated heterocycles. The van der Waals surface area contributed by atoms with Gasteiger partial charge >= 0.3 is 0 Å². The fourth-order valence-electron chi connectivity index (χ4n) is 2.66. The second kappa shape index (κ2) is 6.56. The van der Waals surface area contributed by atoms with Crippen LogP contribution >= 0.6 is 0 Å². The zero-order chi connectivity index (χ0) is 12.8. The van der Waals surface area contributed by atoms with Crippen LogP contribution in [0.15, 0.2) is 24.3 Å². The molecular formula is C16H22N2. The fourth-order valence-corrected chi connectivity index (χ4v) is 2.66. The first-order valence-electron chi connectivity index (χ1n) is 6.93. The van der Waals surface area contributed by atoms with Gasteiger partial charge in [0.05, 0.1) is 12.6 Å². The van der Waals surface area contributed by atoms with Crippen LogP contribution in [-0.4, -0.2) is 24.5 Å². The van der Waals surface area contributed by atoms with E-state index in [2.05, 4.69) is 42.2 Å². The third-order valence-electron chi connectivity index (χ3n) is 3.96. The lowest BCUT2D eigenvalue weighted by Crippen LogP contribution is -2.34. The van der Waals surface area contributed by atoms with Gasteiger partial charge in [-0.05, 0) is 57.2 Å². The van der Waals surface area contributed by atoms with Crippen molar-refractivity contribution < 1.29 is 0 Å². The van der Waals surface area contributed by atoms with Crippen molar-refractivity contribution in [3.8, 4) is 6.07 Å². The van der Waals surface area contributed by atoms with Gasteiger partial charge in [0.15, 0.2) is 0 Å². The Balaban J connectivity index is 1.72. The van der Waals surface area contributed by atoms with Gasteiger partial charge in [-0.1, -0.05) is 29.8 Å². The van der Waals surface area contributed by atoms with Crippen molar-refractivity contribution in [2.75, 3.05) is 19.6 Å². The van der Waals surface area contributed by atoms with Crippen LogP contribution in [0, 0.1) is 24.2 Å². The summed E-state index contributed by atoms with van der Waals surface area (Å²) < 4.78 is 0. The molecule has 1 aliphatic heterocycles. The molecule has 0 amide bonds. The molecule has 1 fully saturated rings. The smallest absolute Gasteiger partial charge is 0.0865 e. The summed E-state index contributed by atoms with van der Waals surface area (Å²) in [5.74, 6) is 0.848. The molecule has 96 valence electrons. The predicted octanol–water partition coefficient (Wildman–Crippen LogP) is 3.16. The van der Waals surface area contributed by atoms with Crippen molar-refractivity contribution >= 4 is 0 Å². The van der Waals surface area contributed by atoms with Crippen molar-refractivity contribution in [2.45, 2.75) is 32.6 Å². The Hall–Kier alpha value is -1.33. The van der Waals surface area contributed by atoms with Crippen molar-refractivity contribution in [1.82, 2.24) is 4.90 Å². The van der Waals surface area contributed by atoms with Crippen LogP contribution in [0.2, 0.25) is 0 Å². The summed E-state index contributed by atoms with van der Waals surface area (Å²) in [5.41, 5.74) is 2.80. The van der Waals surface area contributed by atoms with Crippen LogP contribution in [0.25, 0.3) is 0 Å². The van der Waals surface area contributed by atoms with Crippen LogP contribution in [0.3, 0.4) is 0 Å². The highest BCUT2D eigenvalue weighted by Crippen LogP contribution is 2.22. The number of nitrogens with zero attached hydrogens (tertiary/aromatic N) is 2. The molecule has 1 aliphatic rings. The lowest BCUT2D eigenvalue weighted by atomic mass is 9.90. The average molecular weight is 242 g/mol. The number of hydrogen-bond donors (Lipinski definition) is 0. The molecule has 2 nitrogen and oxygen atoms in total. The highest BCUT2D eigenvalue weighted by molar-refractivity contribution is 5.21. The van der Waals surface area contributed by atoms with E-state index in [0.29, 0.717) is 6.54 Å². The van der Waals surface area contributed by atoms with Gasteiger partial charge in [0.25, 0.3) is 0 Å². The summed E-state index contributed by atoms with van der Waals surface area (Å²) in [6.07, 6.45) is 5.01. The maximum absolute atomic E-state index is 8.67. The summed E-state index contributed by atoms with van der Waals surface area (Å²) in [6, 6.07) is 11.1. The molecule has 2 rings (SSSR count). The van der Waals surface area contributed by atoms with E-state index in [1.54, 1.807) is 0 Å². The zero-order valence-corrected chi connectivity index (χ0v) is 11.2. The van der Waals surface area contributed by atoms with Crippen molar-refractivity contribution in [3.63, 3.8) is 0 Å². The Bertz CT molecular complexity index is 394. The van der Waals surface area contributed by atoms with Crippen LogP contribution in [0.4, 0.5) is 0 Å².